The second-order valence-corrected chi connectivity index (χ2v) is 5.04. The summed E-state index contributed by atoms with van der Waals surface area (Å²) in [5.41, 5.74) is 3.43. The van der Waals surface area contributed by atoms with E-state index >= 15 is 0 Å². The van der Waals surface area contributed by atoms with Crippen molar-refractivity contribution in [3.05, 3.63) is 60.0 Å². The van der Waals surface area contributed by atoms with Gasteiger partial charge in [-0.25, -0.2) is 0 Å². The van der Waals surface area contributed by atoms with Crippen LogP contribution in [0.2, 0.25) is 0 Å². The van der Waals surface area contributed by atoms with Crippen molar-refractivity contribution in [1.29, 1.82) is 0 Å². The molecule has 0 aliphatic rings. The van der Waals surface area contributed by atoms with Crippen molar-refractivity contribution in [3.8, 4) is 0 Å². The van der Waals surface area contributed by atoms with Crippen molar-refractivity contribution in [1.82, 2.24) is 20.1 Å². The summed E-state index contributed by atoms with van der Waals surface area (Å²) in [4.78, 5) is 4.57. The van der Waals surface area contributed by atoms with Crippen LogP contribution >= 0.6 is 0 Å². The Balaban J connectivity index is 2.11. The van der Waals surface area contributed by atoms with Crippen LogP contribution in [0.25, 0.3) is 10.9 Å². The lowest BCUT2D eigenvalue weighted by molar-refractivity contribution is 0.627. The van der Waals surface area contributed by atoms with Crippen LogP contribution in [-0.2, 0) is 6.54 Å². The number of aryl methyl sites for hydroxylation is 1. The Morgan fingerprint density at radius 2 is 2.05 bits per heavy atom. The summed E-state index contributed by atoms with van der Waals surface area (Å²) in [6, 6.07) is 10.5. The van der Waals surface area contributed by atoms with E-state index in [1.807, 2.05) is 23.1 Å². The van der Waals surface area contributed by atoms with Crippen molar-refractivity contribution < 1.29 is 0 Å². The number of nitrogens with zero attached hydrogens (tertiary/aromatic N) is 3. The molecule has 3 aromatic rings. The number of para-hydroxylation sites is 1. The summed E-state index contributed by atoms with van der Waals surface area (Å²) in [5.74, 6) is 0. The van der Waals surface area contributed by atoms with Crippen LogP contribution < -0.4 is 5.32 Å². The van der Waals surface area contributed by atoms with Gasteiger partial charge in [-0.3, -0.25) is 9.67 Å². The summed E-state index contributed by atoms with van der Waals surface area (Å²) in [6.45, 7) is 5.99. The fourth-order valence-corrected chi connectivity index (χ4v) is 2.67. The average Bonchev–Trinajstić information content (AvgIpc) is 3.01. The Kier molecular flexibility index (Phi) is 3.97. The zero-order valence-corrected chi connectivity index (χ0v) is 12.5. The van der Waals surface area contributed by atoms with Crippen LogP contribution in [0.15, 0.2) is 48.9 Å². The van der Waals surface area contributed by atoms with E-state index < -0.39 is 0 Å². The first kappa shape index (κ1) is 13.8. The standard InChI is InChI=1S/C17H20N4/c1-3-18-17(14-11-20-21(4-2)12-14)15-9-5-7-13-8-6-10-19-16(13)15/h5-12,17-18H,3-4H2,1-2H3. The average molecular weight is 280 g/mol. The second kappa shape index (κ2) is 6.06. The highest BCUT2D eigenvalue weighted by atomic mass is 15.3. The van der Waals surface area contributed by atoms with Gasteiger partial charge in [0, 0.05) is 29.9 Å². The first-order valence-corrected chi connectivity index (χ1v) is 7.42. The van der Waals surface area contributed by atoms with Gasteiger partial charge in [-0.2, -0.15) is 5.10 Å². The molecule has 2 heterocycles. The maximum atomic E-state index is 4.57. The van der Waals surface area contributed by atoms with E-state index in [1.54, 1.807) is 0 Å². The monoisotopic (exact) mass is 280 g/mol. The third-order valence-electron chi connectivity index (χ3n) is 3.69. The van der Waals surface area contributed by atoms with E-state index in [1.165, 1.54) is 16.5 Å². The molecule has 4 heteroatoms. The molecule has 0 fully saturated rings. The smallest absolute Gasteiger partial charge is 0.0753 e. The van der Waals surface area contributed by atoms with Crippen LogP contribution in [0.1, 0.15) is 31.0 Å². The number of hydrogen-bond acceptors (Lipinski definition) is 3. The van der Waals surface area contributed by atoms with Crippen molar-refractivity contribution in [3.63, 3.8) is 0 Å². The lowest BCUT2D eigenvalue weighted by atomic mass is 9.98. The van der Waals surface area contributed by atoms with Gasteiger partial charge < -0.3 is 5.32 Å². The molecule has 0 bridgehead atoms. The Morgan fingerprint density at radius 1 is 1.19 bits per heavy atom. The fraction of sp³-hybridized carbons (Fsp3) is 0.294. The maximum absolute atomic E-state index is 4.57. The van der Waals surface area contributed by atoms with Gasteiger partial charge >= 0.3 is 0 Å². The number of fused-ring (bicyclic) bond motifs is 1. The van der Waals surface area contributed by atoms with E-state index in [4.69, 9.17) is 0 Å². The normalized spacial score (nSPS) is 12.7. The quantitative estimate of drug-likeness (QED) is 0.780. The molecule has 21 heavy (non-hydrogen) atoms. The van der Waals surface area contributed by atoms with E-state index in [9.17, 15) is 0 Å². The Labute approximate surface area is 124 Å². The molecule has 1 atom stereocenters. The van der Waals surface area contributed by atoms with Gasteiger partial charge in [0.1, 0.15) is 0 Å². The molecule has 4 nitrogen and oxygen atoms in total. The fourth-order valence-electron chi connectivity index (χ4n) is 2.67. The molecule has 2 aromatic heterocycles. The van der Waals surface area contributed by atoms with Gasteiger partial charge in [-0.15, -0.1) is 0 Å². The summed E-state index contributed by atoms with van der Waals surface area (Å²) in [5, 5.41) is 9.12. The van der Waals surface area contributed by atoms with Crippen LogP contribution in [0.5, 0.6) is 0 Å². The predicted molar refractivity (Wildman–Crippen MR) is 85.2 cm³/mol. The highest BCUT2D eigenvalue weighted by molar-refractivity contribution is 5.82. The molecule has 1 unspecified atom stereocenters. The number of benzene rings is 1. The van der Waals surface area contributed by atoms with Gasteiger partial charge in [0.05, 0.1) is 17.8 Å². The van der Waals surface area contributed by atoms with Crippen LogP contribution in [0, 0.1) is 0 Å². The van der Waals surface area contributed by atoms with Crippen molar-refractivity contribution in [2.24, 2.45) is 0 Å². The minimum absolute atomic E-state index is 0.119. The van der Waals surface area contributed by atoms with E-state index in [-0.39, 0.29) is 6.04 Å². The predicted octanol–water partition coefficient (Wildman–Crippen LogP) is 3.15. The second-order valence-electron chi connectivity index (χ2n) is 5.04. The van der Waals surface area contributed by atoms with Gasteiger partial charge in [0.2, 0.25) is 0 Å². The molecule has 0 saturated carbocycles. The summed E-state index contributed by atoms with van der Waals surface area (Å²) in [7, 11) is 0. The first-order valence-electron chi connectivity index (χ1n) is 7.42. The zero-order valence-electron chi connectivity index (χ0n) is 12.5. The van der Waals surface area contributed by atoms with E-state index in [0.717, 1.165) is 18.6 Å². The van der Waals surface area contributed by atoms with Crippen molar-refractivity contribution in [2.75, 3.05) is 6.54 Å². The topological polar surface area (TPSA) is 42.7 Å². The zero-order chi connectivity index (χ0) is 14.7. The third-order valence-corrected chi connectivity index (χ3v) is 3.69. The minimum atomic E-state index is 0.119. The Morgan fingerprint density at radius 3 is 2.81 bits per heavy atom. The number of pyridine rings is 1. The molecule has 0 spiro atoms. The Bertz CT molecular complexity index is 727. The summed E-state index contributed by atoms with van der Waals surface area (Å²) >= 11 is 0. The molecular formula is C17H20N4. The van der Waals surface area contributed by atoms with Gasteiger partial charge in [0.25, 0.3) is 0 Å². The number of hydrogen-bond donors (Lipinski definition) is 1. The van der Waals surface area contributed by atoms with Crippen molar-refractivity contribution in [2.45, 2.75) is 26.4 Å². The number of aromatic nitrogens is 3. The highest BCUT2D eigenvalue weighted by Crippen LogP contribution is 2.27. The third kappa shape index (κ3) is 2.67. The summed E-state index contributed by atoms with van der Waals surface area (Å²) < 4.78 is 1.96. The van der Waals surface area contributed by atoms with Crippen LogP contribution in [0.3, 0.4) is 0 Å². The number of rotatable bonds is 5. The molecule has 0 aliphatic heterocycles. The van der Waals surface area contributed by atoms with Gasteiger partial charge in [0.15, 0.2) is 0 Å². The molecule has 0 amide bonds. The minimum Gasteiger partial charge on any atom is -0.306 e. The molecule has 108 valence electrons. The van der Waals surface area contributed by atoms with Crippen LogP contribution in [-0.4, -0.2) is 21.3 Å². The lowest BCUT2D eigenvalue weighted by Gasteiger charge is -2.18. The van der Waals surface area contributed by atoms with E-state index in [0.29, 0.717) is 0 Å². The molecule has 3 rings (SSSR count). The molecule has 0 aliphatic carbocycles. The lowest BCUT2D eigenvalue weighted by Crippen LogP contribution is -2.22. The SMILES string of the molecule is CCNC(c1cnn(CC)c1)c1cccc2cccnc12. The molecule has 1 aromatic carbocycles. The summed E-state index contributed by atoms with van der Waals surface area (Å²) in [6.07, 6.45) is 5.90. The molecular weight excluding hydrogens is 260 g/mol. The molecule has 1 N–H and O–H groups in total. The molecule has 0 saturated heterocycles. The Hall–Kier alpha value is -2.20. The number of nitrogens with one attached hydrogen (secondary N) is 1. The largest absolute Gasteiger partial charge is 0.306 e. The van der Waals surface area contributed by atoms with Crippen LogP contribution in [0.4, 0.5) is 0 Å². The highest BCUT2D eigenvalue weighted by Gasteiger charge is 2.17. The van der Waals surface area contributed by atoms with Gasteiger partial charge in [-0.1, -0.05) is 31.2 Å². The first-order chi connectivity index (χ1) is 10.3. The van der Waals surface area contributed by atoms with Crippen molar-refractivity contribution >= 4 is 10.9 Å². The molecule has 0 radical (unpaired) electrons. The van der Waals surface area contributed by atoms with Gasteiger partial charge in [-0.05, 0) is 25.1 Å². The van der Waals surface area contributed by atoms with E-state index in [2.05, 4.69) is 59.7 Å². The maximum Gasteiger partial charge on any atom is 0.0753 e.